The van der Waals surface area contributed by atoms with Crippen LogP contribution in [-0.2, 0) is 4.74 Å². The number of amides is 3. The van der Waals surface area contributed by atoms with Gasteiger partial charge in [-0.25, -0.2) is 4.79 Å². The fourth-order valence-electron chi connectivity index (χ4n) is 3.68. The number of nitrogens with one attached hydrogen (secondary N) is 3. The first-order valence-electron chi connectivity index (χ1n) is 12.0. The van der Waals surface area contributed by atoms with Crippen molar-refractivity contribution in [2.75, 3.05) is 19.7 Å². The molecular formula is C25H29F6N3O6. The van der Waals surface area contributed by atoms with Gasteiger partial charge in [0, 0.05) is 19.1 Å². The van der Waals surface area contributed by atoms with Crippen molar-refractivity contribution < 1.29 is 55.2 Å². The number of hydrogen-bond acceptors (Lipinski definition) is 6. The van der Waals surface area contributed by atoms with Crippen LogP contribution in [0.4, 0.5) is 31.1 Å². The number of ether oxygens (including phenoxy) is 3. The zero-order valence-corrected chi connectivity index (χ0v) is 21.1. The van der Waals surface area contributed by atoms with Crippen LogP contribution in [0.2, 0.25) is 0 Å². The van der Waals surface area contributed by atoms with Crippen molar-refractivity contribution in [3.05, 3.63) is 60.4 Å². The van der Waals surface area contributed by atoms with Gasteiger partial charge in [-0.3, -0.25) is 4.79 Å². The van der Waals surface area contributed by atoms with Crippen LogP contribution in [0.3, 0.4) is 0 Å². The molecule has 4 N–H and O–H groups in total. The topological polar surface area (TPSA) is 118 Å². The Morgan fingerprint density at radius 2 is 1.75 bits per heavy atom. The van der Waals surface area contributed by atoms with Crippen molar-refractivity contribution in [1.82, 2.24) is 16.0 Å². The molecule has 3 amide bonds. The highest BCUT2D eigenvalue weighted by Gasteiger charge is 2.33. The van der Waals surface area contributed by atoms with Crippen LogP contribution in [0.25, 0.3) is 0 Å². The van der Waals surface area contributed by atoms with Gasteiger partial charge in [0.15, 0.2) is 0 Å². The number of hydrogen-bond donors (Lipinski definition) is 4. The van der Waals surface area contributed by atoms with Crippen molar-refractivity contribution in [3.8, 4) is 11.5 Å². The van der Waals surface area contributed by atoms with Gasteiger partial charge in [-0.1, -0.05) is 18.7 Å². The van der Waals surface area contributed by atoms with Gasteiger partial charge in [0.05, 0.1) is 18.3 Å². The largest absolute Gasteiger partial charge is 0.573 e. The lowest BCUT2D eigenvalue weighted by Gasteiger charge is -2.30. The number of carbonyl (C=O) groups excluding carboxylic acids is 2. The Kier molecular flexibility index (Phi) is 12.2. The van der Waals surface area contributed by atoms with Gasteiger partial charge < -0.3 is 35.3 Å². The van der Waals surface area contributed by atoms with Gasteiger partial charge in [-0.15, -0.1) is 26.3 Å². The number of aliphatic hydroxyl groups excluding tert-OH is 1. The molecule has 0 atom stereocenters. The molecule has 0 spiro atoms. The Bertz CT molecular complexity index is 1070. The molecule has 1 aliphatic rings. The Morgan fingerprint density at radius 1 is 1.05 bits per heavy atom. The number of alkyl halides is 6. The fraction of sp³-hybridized carbons (Fsp3) is 0.440. The Hall–Kier alpha value is -3.88. The molecule has 15 heteroatoms. The summed E-state index contributed by atoms with van der Waals surface area (Å²) in [4.78, 5) is 24.6. The minimum atomic E-state index is -4.96. The van der Waals surface area contributed by atoms with E-state index in [2.05, 4.69) is 32.0 Å². The third-order valence-electron chi connectivity index (χ3n) is 5.33. The molecular weight excluding hydrogens is 552 g/mol. The molecule has 0 heterocycles. The maximum Gasteiger partial charge on any atom is 0.573 e. The lowest BCUT2D eigenvalue weighted by molar-refractivity contribution is -0.303. The number of urea groups is 1. The van der Waals surface area contributed by atoms with E-state index in [-0.39, 0.29) is 37.1 Å². The molecule has 0 aromatic heterocycles. The first kappa shape index (κ1) is 32.3. The second-order valence-corrected chi connectivity index (χ2v) is 8.38. The van der Waals surface area contributed by atoms with Crippen LogP contribution < -0.4 is 25.4 Å². The summed E-state index contributed by atoms with van der Waals surface area (Å²) in [5.41, 5.74) is -0.209. The van der Waals surface area contributed by atoms with E-state index in [1.54, 1.807) is 0 Å². The molecule has 0 unspecified atom stereocenters. The standard InChI is InChI=1S/C25H29F6N3O6/c1-2-3-4-18(39-24(26,27)28)11-12-33-23(37)34-16-5-7-17(8-6-16)38-21-10-9-19(40-25(29,30)31)15-20(21)22(36)32-13-14-35/h2-4,9-11,15-17,35H,1,5-8,12-14H2,(H,32,36)(H2,33,34,37)/b4-3-,18-11+. The molecule has 222 valence electrons. The summed E-state index contributed by atoms with van der Waals surface area (Å²) in [6.07, 6.45) is -3.91. The van der Waals surface area contributed by atoms with Crippen LogP contribution >= 0.6 is 0 Å². The molecule has 2 rings (SSSR count). The maximum absolute atomic E-state index is 12.6. The highest BCUT2D eigenvalue weighted by molar-refractivity contribution is 5.97. The second kappa shape index (κ2) is 15.1. The quantitative estimate of drug-likeness (QED) is 0.165. The van der Waals surface area contributed by atoms with Crippen molar-refractivity contribution in [2.24, 2.45) is 0 Å². The van der Waals surface area contributed by atoms with Gasteiger partial charge in [-0.05, 0) is 56.0 Å². The van der Waals surface area contributed by atoms with E-state index in [0.717, 1.165) is 24.3 Å². The number of halogens is 6. The van der Waals surface area contributed by atoms with Crippen LogP contribution in [0.15, 0.2) is 54.8 Å². The van der Waals surface area contributed by atoms with E-state index in [1.807, 2.05) is 0 Å². The van der Waals surface area contributed by atoms with E-state index in [4.69, 9.17) is 9.84 Å². The van der Waals surface area contributed by atoms with Crippen LogP contribution in [0.1, 0.15) is 36.0 Å². The van der Waals surface area contributed by atoms with E-state index in [9.17, 15) is 35.9 Å². The summed E-state index contributed by atoms with van der Waals surface area (Å²) in [6.45, 7) is 2.61. The zero-order valence-electron chi connectivity index (χ0n) is 21.1. The number of benzene rings is 1. The molecule has 1 aromatic carbocycles. The zero-order chi connectivity index (χ0) is 29.8. The third kappa shape index (κ3) is 12.3. The lowest BCUT2D eigenvalue weighted by Crippen LogP contribution is -2.44. The maximum atomic E-state index is 12.6. The minimum absolute atomic E-state index is 0.0216. The molecule has 0 aliphatic heterocycles. The van der Waals surface area contributed by atoms with Gasteiger partial charge >= 0.3 is 18.8 Å². The van der Waals surface area contributed by atoms with Gasteiger partial charge in [0.25, 0.3) is 5.91 Å². The van der Waals surface area contributed by atoms with E-state index >= 15 is 0 Å². The number of carbonyl (C=O) groups is 2. The number of allylic oxidation sites excluding steroid dienone is 3. The summed E-state index contributed by atoms with van der Waals surface area (Å²) in [7, 11) is 0. The van der Waals surface area contributed by atoms with Crippen molar-refractivity contribution >= 4 is 11.9 Å². The van der Waals surface area contributed by atoms with Gasteiger partial charge in [-0.2, -0.15) is 0 Å². The molecule has 0 radical (unpaired) electrons. The normalized spacial score (nSPS) is 18.1. The average Bonchev–Trinajstić information content (AvgIpc) is 2.86. The molecule has 40 heavy (non-hydrogen) atoms. The molecule has 1 aromatic rings. The lowest BCUT2D eigenvalue weighted by atomic mass is 9.93. The first-order chi connectivity index (χ1) is 18.8. The minimum Gasteiger partial charge on any atom is -0.490 e. The molecule has 1 aliphatic carbocycles. The summed E-state index contributed by atoms with van der Waals surface area (Å²) in [5, 5.41) is 16.4. The Labute approximate surface area is 225 Å². The summed E-state index contributed by atoms with van der Waals surface area (Å²) >= 11 is 0. The molecule has 0 bridgehead atoms. The highest BCUT2D eigenvalue weighted by Crippen LogP contribution is 2.31. The molecule has 1 saturated carbocycles. The van der Waals surface area contributed by atoms with Crippen LogP contribution in [-0.4, -0.2) is 61.6 Å². The predicted octanol–water partition coefficient (Wildman–Crippen LogP) is 4.46. The van der Waals surface area contributed by atoms with Gasteiger partial charge in [0.2, 0.25) is 0 Å². The van der Waals surface area contributed by atoms with Crippen molar-refractivity contribution in [3.63, 3.8) is 0 Å². The van der Waals surface area contributed by atoms with E-state index in [0.29, 0.717) is 25.7 Å². The second-order valence-electron chi connectivity index (χ2n) is 8.38. The predicted molar refractivity (Wildman–Crippen MR) is 130 cm³/mol. The highest BCUT2D eigenvalue weighted by atomic mass is 19.4. The van der Waals surface area contributed by atoms with Crippen molar-refractivity contribution in [2.45, 2.75) is 50.6 Å². The molecule has 9 nitrogen and oxygen atoms in total. The van der Waals surface area contributed by atoms with E-state index in [1.165, 1.54) is 18.2 Å². The summed E-state index contributed by atoms with van der Waals surface area (Å²) in [6, 6.07) is 2.20. The number of rotatable bonds is 12. The van der Waals surface area contributed by atoms with Crippen LogP contribution in [0.5, 0.6) is 11.5 Å². The summed E-state index contributed by atoms with van der Waals surface area (Å²) in [5.74, 6) is -1.88. The summed E-state index contributed by atoms with van der Waals surface area (Å²) < 4.78 is 88.9. The SMILES string of the molecule is C=C/C=C\C(=C/CNC(=O)NC1CCC(Oc2ccc(OC(F)(F)F)cc2C(=O)NCCO)CC1)OC(F)(F)F. The smallest absolute Gasteiger partial charge is 0.490 e. The molecule has 1 fully saturated rings. The Balaban J connectivity index is 1.92. The first-order valence-corrected chi connectivity index (χ1v) is 12.0. The third-order valence-corrected chi connectivity index (χ3v) is 5.33. The van der Waals surface area contributed by atoms with E-state index < -0.39 is 42.3 Å². The molecule has 0 saturated heterocycles. The average molecular weight is 582 g/mol. The monoisotopic (exact) mass is 581 g/mol. The van der Waals surface area contributed by atoms with Gasteiger partial charge in [0.1, 0.15) is 17.3 Å². The fourth-order valence-corrected chi connectivity index (χ4v) is 3.68. The van der Waals surface area contributed by atoms with Crippen molar-refractivity contribution in [1.29, 1.82) is 0 Å². The number of aliphatic hydroxyl groups is 1. The Morgan fingerprint density at radius 3 is 2.35 bits per heavy atom. The van der Waals surface area contributed by atoms with Crippen LogP contribution in [0, 0.1) is 0 Å².